The number of likely N-dealkylation sites (N-methyl/N-ethyl adjacent to an activating group) is 1. The van der Waals surface area contributed by atoms with Crippen molar-refractivity contribution < 1.29 is 19.4 Å². The summed E-state index contributed by atoms with van der Waals surface area (Å²) in [5.41, 5.74) is 1.41. The van der Waals surface area contributed by atoms with Gasteiger partial charge in [-0.15, -0.1) is 0 Å². The number of nitrogens with zero attached hydrogens (tertiary/aromatic N) is 2. The fraction of sp³-hybridized carbons (Fsp3) is 0.742. The second-order valence-corrected chi connectivity index (χ2v) is 12.4. The van der Waals surface area contributed by atoms with Crippen molar-refractivity contribution in [1.82, 2.24) is 15.1 Å². The maximum atomic E-state index is 13.5. The maximum Gasteiger partial charge on any atom is 0.319 e. The van der Waals surface area contributed by atoms with Gasteiger partial charge < -0.3 is 30.3 Å². The molecule has 0 saturated heterocycles. The molecule has 3 atom stereocenters. The first kappa shape index (κ1) is 29.7. The molecule has 0 aromatic heterocycles. The largest absolute Gasteiger partial charge is 0.488 e. The molecule has 8 heteroatoms. The average Bonchev–Trinajstić information content (AvgIpc) is 2.97. The third-order valence-electron chi connectivity index (χ3n) is 8.90. The summed E-state index contributed by atoms with van der Waals surface area (Å²) in [5.74, 6) is 1.49. The van der Waals surface area contributed by atoms with Crippen LogP contribution in [0.5, 0.6) is 5.75 Å². The molecule has 1 aromatic rings. The van der Waals surface area contributed by atoms with Crippen LogP contribution in [0.3, 0.4) is 0 Å². The van der Waals surface area contributed by atoms with Gasteiger partial charge in [0.15, 0.2) is 0 Å². The van der Waals surface area contributed by atoms with Crippen molar-refractivity contribution in [3.8, 4) is 5.75 Å². The molecule has 3 aliphatic rings. The van der Waals surface area contributed by atoms with Crippen LogP contribution in [-0.4, -0.2) is 78.3 Å². The van der Waals surface area contributed by atoms with Crippen molar-refractivity contribution in [3.05, 3.63) is 23.8 Å². The number of aliphatic hydroxyl groups is 1. The Kier molecular flexibility index (Phi) is 10.9. The molecule has 218 valence electrons. The summed E-state index contributed by atoms with van der Waals surface area (Å²) in [6, 6.07) is 5.37. The molecule has 39 heavy (non-hydrogen) atoms. The Balaban J connectivity index is 1.50. The Hall–Kier alpha value is -2.32. The van der Waals surface area contributed by atoms with E-state index in [4.69, 9.17) is 4.74 Å². The SMILES string of the molecule is C[C@H](CO)N1C[C@H](C)[C@H](CN(C)CC2CCCCC2)Oc2ccc(NC(=O)NC3CCCCC3)cc2CC1=O. The molecule has 1 aromatic carbocycles. The Morgan fingerprint density at radius 2 is 1.79 bits per heavy atom. The molecule has 3 N–H and O–H groups in total. The number of anilines is 1. The molecule has 0 bridgehead atoms. The highest BCUT2D eigenvalue weighted by Gasteiger charge is 2.31. The first-order chi connectivity index (χ1) is 18.8. The number of ether oxygens (including phenoxy) is 1. The summed E-state index contributed by atoms with van der Waals surface area (Å²) in [6.07, 6.45) is 12.3. The van der Waals surface area contributed by atoms with E-state index in [0.29, 0.717) is 18.0 Å². The molecule has 2 aliphatic carbocycles. The lowest BCUT2D eigenvalue weighted by Crippen LogP contribution is -2.48. The van der Waals surface area contributed by atoms with Crippen molar-refractivity contribution in [3.63, 3.8) is 0 Å². The molecule has 3 amide bonds. The van der Waals surface area contributed by atoms with Crippen LogP contribution in [0.4, 0.5) is 10.5 Å². The lowest BCUT2D eigenvalue weighted by molar-refractivity contribution is -0.134. The van der Waals surface area contributed by atoms with Crippen LogP contribution < -0.4 is 15.4 Å². The standard InChI is InChI=1S/C31H50N4O4/c1-22-18-35(23(2)21-36)30(37)17-25-16-27(33-31(38)32-26-12-8-5-9-13-26)14-15-28(25)39-29(22)20-34(3)19-24-10-6-4-7-11-24/h14-16,22-24,26,29,36H,4-13,17-21H2,1-3H3,(H2,32,33,38)/t22-,23+,29-/m0/s1. The van der Waals surface area contributed by atoms with Gasteiger partial charge in [-0.2, -0.15) is 0 Å². The van der Waals surface area contributed by atoms with Gasteiger partial charge in [0, 0.05) is 42.8 Å². The van der Waals surface area contributed by atoms with Crippen molar-refractivity contribution in [2.75, 3.05) is 38.6 Å². The van der Waals surface area contributed by atoms with E-state index in [0.717, 1.165) is 50.3 Å². The number of aliphatic hydroxyl groups excluding tert-OH is 1. The van der Waals surface area contributed by atoms with Gasteiger partial charge in [0.25, 0.3) is 0 Å². The summed E-state index contributed by atoms with van der Waals surface area (Å²) in [6.45, 7) is 6.32. The van der Waals surface area contributed by atoms with E-state index >= 15 is 0 Å². The first-order valence-electron chi connectivity index (χ1n) is 15.3. The minimum absolute atomic E-state index is 0.0340. The summed E-state index contributed by atoms with van der Waals surface area (Å²) < 4.78 is 6.67. The van der Waals surface area contributed by atoms with Crippen molar-refractivity contribution in [2.24, 2.45) is 11.8 Å². The quantitative estimate of drug-likeness (QED) is 0.439. The number of carbonyl (C=O) groups excluding carboxylic acids is 2. The number of benzene rings is 1. The molecule has 0 unspecified atom stereocenters. The summed E-state index contributed by atoms with van der Waals surface area (Å²) >= 11 is 0. The van der Waals surface area contributed by atoms with Crippen molar-refractivity contribution in [1.29, 1.82) is 0 Å². The van der Waals surface area contributed by atoms with E-state index in [9.17, 15) is 14.7 Å². The zero-order valence-electron chi connectivity index (χ0n) is 24.3. The topological polar surface area (TPSA) is 94.1 Å². The molecule has 0 spiro atoms. The van der Waals surface area contributed by atoms with Gasteiger partial charge in [-0.25, -0.2) is 4.79 Å². The normalized spacial score (nSPS) is 24.2. The van der Waals surface area contributed by atoms with E-state index in [1.54, 1.807) is 4.90 Å². The third kappa shape index (κ3) is 8.58. The monoisotopic (exact) mass is 542 g/mol. The average molecular weight is 543 g/mol. The zero-order valence-corrected chi connectivity index (χ0v) is 24.3. The number of fused-ring (bicyclic) bond motifs is 1. The van der Waals surface area contributed by atoms with Crippen molar-refractivity contribution >= 4 is 17.6 Å². The Morgan fingerprint density at radius 3 is 2.49 bits per heavy atom. The second-order valence-electron chi connectivity index (χ2n) is 12.4. The minimum Gasteiger partial charge on any atom is -0.488 e. The van der Waals surface area contributed by atoms with Gasteiger partial charge in [0.1, 0.15) is 11.9 Å². The van der Waals surface area contributed by atoms with Crippen LogP contribution in [0.2, 0.25) is 0 Å². The Bertz CT molecular complexity index is 945. The Morgan fingerprint density at radius 1 is 1.10 bits per heavy atom. The van der Waals surface area contributed by atoms with Gasteiger partial charge in [-0.1, -0.05) is 45.4 Å². The lowest BCUT2D eigenvalue weighted by Gasteiger charge is -2.35. The van der Waals surface area contributed by atoms with E-state index < -0.39 is 0 Å². The van der Waals surface area contributed by atoms with Gasteiger partial charge >= 0.3 is 6.03 Å². The third-order valence-corrected chi connectivity index (χ3v) is 8.90. The number of hydrogen-bond donors (Lipinski definition) is 3. The van der Waals surface area contributed by atoms with E-state index in [2.05, 4.69) is 29.5 Å². The number of rotatable bonds is 8. The van der Waals surface area contributed by atoms with Crippen LogP contribution in [-0.2, 0) is 11.2 Å². The number of hydrogen-bond acceptors (Lipinski definition) is 5. The summed E-state index contributed by atoms with van der Waals surface area (Å²) in [5, 5.41) is 16.0. The number of amides is 3. The highest BCUT2D eigenvalue weighted by molar-refractivity contribution is 5.90. The molecule has 4 rings (SSSR count). The molecule has 1 aliphatic heterocycles. The first-order valence-corrected chi connectivity index (χ1v) is 15.3. The predicted molar refractivity (Wildman–Crippen MR) is 155 cm³/mol. The summed E-state index contributed by atoms with van der Waals surface area (Å²) in [7, 11) is 2.18. The predicted octanol–water partition coefficient (Wildman–Crippen LogP) is 4.80. The van der Waals surface area contributed by atoms with Crippen LogP contribution >= 0.6 is 0 Å². The van der Waals surface area contributed by atoms with Gasteiger partial charge in [0.05, 0.1) is 19.1 Å². The molecular formula is C31H50N4O4. The Labute approximate surface area is 234 Å². The minimum atomic E-state index is -0.273. The van der Waals surface area contributed by atoms with Crippen LogP contribution in [0.15, 0.2) is 18.2 Å². The number of urea groups is 1. The lowest BCUT2D eigenvalue weighted by atomic mass is 9.89. The summed E-state index contributed by atoms with van der Waals surface area (Å²) in [4.78, 5) is 30.3. The fourth-order valence-electron chi connectivity index (χ4n) is 6.52. The fourth-order valence-corrected chi connectivity index (χ4v) is 6.52. The molecular weight excluding hydrogens is 492 g/mol. The highest BCUT2D eigenvalue weighted by Crippen LogP contribution is 2.30. The molecule has 2 saturated carbocycles. The van der Waals surface area contributed by atoms with Crippen molar-refractivity contribution in [2.45, 2.75) is 103 Å². The smallest absolute Gasteiger partial charge is 0.319 e. The van der Waals surface area contributed by atoms with Crippen LogP contribution in [0.25, 0.3) is 0 Å². The zero-order chi connectivity index (χ0) is 27.8. The molecule has 0 radical (unpaired) electrons. The second kappa shape index (κ2) is 14.4. The number of nitrogens with one attached hydrogen (secondary N) is 2. The number of carbonyl (C=O) groups is 2. The van der Waals surface area contributed by atoms with E-state index in [1.165, 1.54) is 38.5 Å². The molecule has 8 nitrogen and oxygen atoms in total. The van der Waals surface area contributed by atoms with Crippen LogP contribution in [0.1, 0.15) is 83.6 Å². The van der Waals surface area contributed by atoms with Crippen LogP contribution in [0, 0.1) is 11.8 Å². The van der Waals surface area contributed by atoms with Gasteiger partial charge in [-0.05, 0) is 63.8 Å². The van der Waals surface area contributed by atoms with Gasteiger partial charge in [-0.3, -0.25) is 4.79 Å². The maximum absolute atomic E-state index is 13.5. The van der Waals surface area contributed by atoms with E-state index in [-0.39, 0.29) is 49.1 Å². The molecule has 2 fully saturated rings. The van der Waals surface area contributed by atoms with Gasteiger partial charge in [0.2, 0.25) is 5.91 Å². The molecule has 1 heterocycles. The highest BCUT2D eigenvalue weighted by atomic mass is 16.5. The van der Waals surface area contributed by atoms with E-state index in [1.807, 2.05) is 25.1 Å².